The van der Waals surface area contributed by atoms with E-state index in [9.17, 15) is 18.0 Å². The Morgan fingerprint density at radius 1 is 1.17 bits per heavy atom. The van der Waals surface area contributed by atoms with E-state index < -0.39 is 11.7 Å². The van der Waals surface area contributed by atoms with E-state index in [-0.39, 0.29) is 30.7 Å². The van der Waals surface area contributed by atoms with E-state index in [1.165, 1.54) is 11.0 Å². The maximum absolute atomic E-state index is 13.0. The molecule has 124 valence electrons. The van der Waals surface area contributed by atoms with Gasteiger partial charge in [-0.15, -0.1) is 0 Å². The molecule has 3 nitrogen and oxygen atoms in total. The van der Waals surface area contributed by atoms with Gasteiger partial charge in [0, 0.05) is 0 Å². The van der Waals surface area contributed by atoms with E-state index in [4.69, 9.17) is 4.74 Å². The van der Waals surface area contributed by atoms with E-state index in [2.05, 4.69) is 0 Å². The molecule has 1 unspecified atom stereocenters. The lowest BCUT2D eigenvalue weighted by molar-refractivity contribution is -0.137. The van der Waals surface area contributed by atoms with Crippen LogP contribution >= 0.6 is 0 Å². The van der Waals surface area contributed by atoms with Crippen LogP contribution < -0.4 is 9.64 Å². The molecule has 0 bridgehead atoms. The summed E-state index contributed by atoms with van der Waals surface area (Å²) in [6.45, 7) is 0.532. The first-order valence-corrected chi connectivity index (χ1v) is 7.68. The fraction of sp³-hybridized carbons (Fsp3) is 0.278. The Bertz CT molecular complexity index is 816. The van der Waals surface area contributed by atoms with Crippen LogP contribution in [0.3, 0.4) is 0 Å². The maximum atomic E-state index is 13.0. The van der Waals surface area contributed by atoms with E-state index in [1.54, 1.807) is 0 Å². The second-order valence-electron chi connectivity index (χ2n) is 5.97. The molecule has 0 saturated carbocycles. The molecule has 0 saturated heterocycles. The predicted octanol–water partition coefficient (Wildman–Crippen LogP) is 3.77. The average Bonchev–Trinajstić information content (AvgIpc) is 2.54. The highest BCUT2D eigenvalue weighted by molar-refractivity contribution is 6.01. The number of hydrogen-bond donors (Lipinski definition) is 0. The molecule has 1 amide bonds. The van der Waals surface area contributed by atoms with Gasteiger partial charge in [-0.1, -0.05) is 24.3 Å². The van der Waals surface area contributed by atoms with Gasteiger partial charge in [0.25, 0.3) is 0 Å². The summed E-state index contributed by atoms with van der Waals surface area (Å²) in [6.07, 6.45) is -3.83. The van der Waals surface area contributed by atoms with Crippen LogP contribution in [0.25, 0.3) is 0 Å². The smallest absolute Gasteiger partial charge is 0.416 e. The molecule has 2 aliphatic rings. The Hall–Kier alpha value is -2.50. The molecule has 0 fully saturated rings. The van der Waals surface area contributed by atoms with Crippen molar-refractivity contribution in [3.8, 4) is 5.75 Å². The van der Waals surface area contributed by atoms with Crippen LogP contribution in [0.1, 0.15) is 22.6 Å². The van der Waals surface area contributed by atoms with Crippen LogP contribution in [0.15, 0.2) is 42.5 Å². The fourth-order valence-corrected chi connectivity index (χ4v) is 3.29. The lowest BCUT2D eigenvalue weighted by Gasteiger charge is -2.36. The van der Waals surface area contributed by atoms with E-state index >= 15 is 0 Å². The van der Waals surface area contributed by atoms with E-state index in [0.29, 0.717) is 12.2 Å². The SMILES string of the molecule is O=C(C1Cc2ccccc21)N1CCOc2ccc(C(F)(F)F)cc21. The molecule has 1 aliphatic carbocycles. The Balaban J connectivity index is 1.68. The van der Waals surface area contributed by atoms with Gasteiger partial charge in [-0.3, -0.25) is 4.79 Å². The molecule has 0 spiro atoms. The summed E-state index contributed by atoms with van der Waals surface area (Å²) in [5.74, 6) is -0.144. The highest BCUT2D eigenvalue weighted by Crippen LogP contribution is 2.42. The lowest BCUT2D eigenvalue weighted by atomic mass is 9.76. The van der Waals surface area contributed by atoms with Crippen LogP contribution in [0.5, 0.6) is 5.75 Å². The topological polar surface area (TPSA) is 29.5 Å². The van der Waals surface area contributed by atoms with E-state index in [1.807, 2.05) is 24.3 Å². The number of amides is 1. The van der Waals surface area contributed by atoms with Crippen molar-refractivity contribution in [2.75, 3.05) is 18.1 Å². The lowest BCUT2D eigenvalue weighted by Crippen LogP contribution is -2.43. The van der Waals surface area contributed by atoms with Gasteiger partial charge in [-0.05, 0) is 35.7 Å². The third-order valence-electron chi connectivity index (χ3n) is 4.57. The fourth-order valence-electron chi connectivity index (χ4n) is 3.29. The van der Waals surface area contributed by atoms with Crippen LogP contribution in [0, 0.1) is 0 Å². The maximum Gasteiger partial charge on any atom is 0.416 e. The minimum atomic E-state index is -4.45. The summed E-state index contributed by atoms with van der Waals surface area (Å²) in [4.78, 5) is 14.3. The molecule has 0 radical (unpaired) electrons. The van der Waals surface area contributed by atoms with Gasteiger partial charge in [-0.2, -0.15) is 13.2 Å². The Morgan fingerprint density at radius 2 is 1.96 bits per heavy atom. The molecule has 0 aromatic heterocycles. The van der Waals surface area contributed by atoms with Crippen molar-refractivity contribution in [2.45, 2.75) is 18.5 Å². The number of carbonyl (C=O) groups is 1. The quantitative estimate of drug-likeness (QED) is 0.795. The first-order chi connectivity index (χ1) is 11.4. The number of alkyl halides is 3. The van der Waals surface area contributed by atoms with Crippen LogP contribution in [-0.4, -0.2) is 19.1 Å². The molecular weight excluding hydrogens is 319 g/mol. The minimum absolute atomic E-state index is 0.169. The summed E-state index contributed by atoms with van der Waals surface area (Å²) in [5, 5.41) is 0. The van der Waals surface area contributed by atoms with Crippen LogP contribution in [-0.2, 0) is 17.4 Å². The van der Waals surface area contributed by atoms with Crippen molar-refractivity contribution in [3.63, 3.8) is 0 Å². The standard InChI is InChI=1S/C18H14F3NO2/c19-18(20,21)12-5-6-16-15(10-12)22(7-8-24-16)17(23)14-9-11-3-1-2-4-13(11)14/h1-6,10,14H,7-9H2. The molecule has 2 aromatic rings. The highest BCUT2D eigenvalue weighted by Gasteiger charge is 2.38. The number of carbonyl (C=O) groups excluding carboxylic acids is 1. The van der Waals surface area contributed by atoms with Gasteiger partial charge >= 0.3 is 6.18 Å². The molecule has 0 N–H and O–H groups in total. The molecule has 1 atom stereocenters. The predicted molar refractivity (Wildman–Crippen MR) is 82.2 cm³/mol. The van der Waals surface area contributed by atoms with Crippen molar-refractivity contribution in [3.05, 3.63) is 59.2 Å². The molecule has 6 heteroatoms. The summed E-state index contributed by atoms with van der Waals surface area (Å²) in [6, 6.07) is 10.9. The van der Waals surface area contributed by atoms with Gasteiger partial charge < -0.3 is 9.64 Å². The first kappa shape index (κ1) is 15.1. The highest BCUT2D eigenvalue weighted by atomic mass is 19.4. The minimum Gasteiger partial charge on any atom is -0.490 e. The third-order valence-corrected chi connectivity index (χ3v) is 4.57. The van der Waals surface area contributed by atoms with Gasteiger partial charge in [0.05, 0.1) is 23.7 Å². The molecule has 1 aliphatic heterocycles. The molecule has 2 aromatic carbocycles. The van der Waals surface area contributed by atoms with Crippen LogP contribution in [0.2, 0.25) is 0 Å². The monoisotopic (exact) mass is 333 g/mol. The van der Waals surface area contributed by atoms with Crippen LogP contribution in [0.4, 0.5) is 18.9 Å². The van der Waals surface area contributed by atoms with Gasteiger partial charge in [0.15, 0.2) is 0 Å². The summed E-state index contributed by atoms with van der Waals surface area (Å²) < 4.78 is 44.3. The number of halogens is 3. The summed E-state index contributed by atoms with van der Waals surface area (Å²) in [5.41, 5.74) is 1.50. The van der Waals surface area contributed by atoms with Crippen molar-refractivity contribution in [1.82, 2.24) is 0 Å². The normalized spacial score (nSPS) is 19.0. The molecule has 1 heterocycles. The number of ether oxygens (including phenoxy) is 1. The number of anilines is 1. The second kappa shape index (κ2) is 5.26. The zero-order valence-electron chi connectivity index (χ0n) is 12.6. The third kappa shape index (κ3) is 2.33. The van der Waals surface area contributed by atoms with E-state index in [0.717, 1.165) is 23.3 Å². The Labute approximate surface area is 136 Å². The summed E-state index contributed by atoms with van der Waals surface area (Å²) >= 11 is 0. The zero-order chi connectivity index (χ0) is 16.9. The van der Waals surface area contributed by atoms with Gasteiger partial charge in [0.1, 0.15) is 12.4 Å². The van der Waals surface area contributed by atoms with Crippen molar-refractivity contribution >= 4 is 11.6 Å². The Kier molecular flexibility index (Phi) is 3.30. The first-order valence-electron chi connectivity index (χ1n) is 7.68. The number of rotatable bonds is 1. The molecular formula is C18H14F3NO2. The number of hydrogen-bond acceptors (Lipinski definition) is 2. The number of fused-ring (bicyclic) bond motifs is 2. The zero-order valence-corrected chi connectivity index (χ0v) is 12.6. The van der Waals surface area contributed by atoms with Crippen molar-refractivity contribution in [1.29, 1.82) is 0 Å². The molecule has 4 rings (SSSR count). The van der Waals surface area contributed by atoms with Gasteiger partial charge in [-0.25, -0.2) is 0 Å². The largest absolute Gasteiger partial charge is 0.490 e. The second-order valence-corrected chi connectivity index (χ2v) is 5.97. The van der Waals surface area contributed by atoms with Crippen molar-refractivity contribution in [2.24, 2.45) is 0 Å². The Morgan fingerprint density at radius 3 is 2.71 bits per heavy atom. The number of benzene rings is 2. The van der Waals surface area contributed by atoms with Crippen molar-refractivity contribution < 1.29 is 22.7 Å². The average molecular weight is 333 g/mol. The summed E-state index contributed by atoms with van der Waals surface area (Å²) in [7, 11) is 0. The molecule has 24 heavy (non-hydrogen) atoms. The van der Waals surface area contributed by atoms with Gasteiger partial charge in [0.2, 0.25) is 5.91 Å². The number of nitrogens with zero attached hydrogens (tertiary/aromatic N) is 1.